The molecule has 0 bridgehead atoms. The molecule has 0 atom stereocenters. The van der Waals surface area contributed by atoms with E-state index < -0.39 is 0 Å². The highest BCUT2D eigenvalue weighted by molar-refractivity contribution is 5.90. The van der Waals surface area contributed by atoms with Crippen LogP contribution in [0.15, 0.2) is 30.6 Å². The summed E-state index contributed by atoms with van der Waals surface area (Å²) >= 11 is 0. The number of halogens is 1. The normalized spacial score (nSPS) is 14.3. The summed E-state index contributed by atoms with van der Waals surface area (Å²) < 4.78 is 13.1. The highest BCUT2D eigenvalue weighted by Crippen LogP contribution is 2.27. The molecule has 0 saturated carbocycles. The molecule has 4 rings (SSSR count). The van der Waals surface area contributed by atoms with Crippen LogP contribution >= 0.6 is 0 Å². The van der Waals surface area contributed by atoms with Crippen LogP contribution in [0.2, 0.25) is 0 Å². The van der Waals surface area contributed by atoms with Crippen LogP contribution < -0.4 is 0 Å². The maximum Gasteiger partial charge on any atom is 0.291 e. The van der Waals surface area contributed by atoms with E-state index in [4.69, 9.17) is 0 Å². The highest BCUT2D eigenvalue weighted by atomic mass is 19.1. The van der Waals surface area contributed by atoms with Gasteiger partial charge in [0.25, 0.3) is 5.91 Å². The van der Waals surface area contributed by atoms with Gasteiger partial charge in [-0.15, -0.1) is 0 Å². The number of aromatic amines is 2. The molecular formula is C16H15FN6O. The van der Waals surface area contributed by atoms with Gasteiger partial charge in [0.1, 0.15) is 12.1 Å². The Morgan fingerprint density at radius 1 is 1.12 bits per heavy atom. The Hall–Kier alpha value is -3.03. The third kappa shape index (κ3) is 2.55. The fraction of sp³-hybridized carbons (Fsp3) is 0.250. The minimum atomic E-state index is -0.274. The minimum absolute atomic E-state index is 0.158. The first-order valence-electron chi connectivity index (χ1n) is 7.69. The Labute approximate surface area is 136 Å². The van der Waals surface area contributed by atoms with Crippen molar-refractivity contribution in [3.8, 4) is 11.3 Å². The first-order valence-corrected chi connectivity index (χ1v) is 7.69. The van der Waals surface area contributed by atoms with E-state index in [9.17, 15) is 9.18 Å². The van der Waals surface area contributed by atoms with Gasteiger partial charge in [0.2, 0.25) is 5.82 Å². The highest BCUT2D eigenvalue weighted by Gasteiger charge is 2.24. The van der Waals surface area contributed by atoms with Gasteiger partial charge in [-0.1, -0.05) is 0 Å². The number of H-pyrrole nitrogens is 2. The van der Waals surface area contributed by atoms with Crippen LogP contribution in [0.1, 0.15) is 21.9 Å². The van der Waals surface area contributed by atoms with Crippen molar-refractivity contribution in [2.45, 2.75) is 12.8 Å². The van der Waals surface area contributed by atoms with Gasteiger partial charge in [-0.3, -0.25) is 15.0 Å². The summed E-state index contributed by atoms with van der Waals surface area (Å²) in [6.45, 7) is 1.15. The second kappa shape index (κ2) is 5.88. The quantitative estimate of drug-likeness (QED) is 0.748. The molecule has 1 amide bonds. The largest absolute Gasteiger partial charge is 0.335 e. The van der Waals surface area contributed by atoms with Gasteiger partial charge in [-0.2, -0.15) is 10.2 Å². The van der Waals surface area contributed by atoms with E-state index in [1.54, 1.807) is 17.0 Å². The number of nitrogens with one attached hydrogen (secondary N) is 2. The fourth-order valence-corrected chi connectivity index (χ4v) is 2.99. The molecule has 0 radical (unpaired) electrons. The molecular weight excluding hydrogens is 311 g/mol. The van der Waals surface area contributed by atoms with Crippen molar-refractivity contribution in [1.29, 1.82) is 0 Å². The molecule has 1 aromatic carbocycles. The number of hydrogen-bond donors (Lipinski definition) is 2. The Bertz CT molecular complexity index is 855. The molecule has 0 fully saturated rings. The second-order valence-corrected chi connectivity index (χ2v) is 5.66. The van der Waals surface area contributed by atoms with Crippen molar-refractivity contribution >= 4 is 5.91 Å². The lowest BCUT2D eigenvalue weighted by molar-refractivity contribution is 0.0751. The predicted molar refractivity (Wildman–Crippen MR) is 83.7 cm³/mol. The van der Waals surface area contributed by atoms with Crippen LogP contribution in [-0.4, -0.2) is 49.3 Å². The third-order valence-corrected chi connectivity index (χ3v) is 4.24. The number of hydrogen-bond acceptors (Lipinski definition) is 4. The van der Waals surface area contributed by atoms with E-state index >= 15 is 0 Å². The van der Waals surface area contributed by atoms with Crippen LogP contribution in [0, 0.1) is 5.82 Å². The fourth-order valence-electron chi connectivity index (χ4n) is 2.99. The summed E-state index contributed by atoms with van der Waals surface area (Å²) in [6, 6.07) is 6.28. The number of nitrogens with zero attached hydrogens (tertiary/aromatic N) is 4. The average Bonchev–Trinajstić information content (AvgIpc) is 3.21. The average molecular weight is 326 g/mol. The van der Waals surface area contributed by atoms with Crippen molar-refractivity contribution in [3.05, 3.63) is 53.5 Å². The monoisotopic (exact) mass is 326 g/mol. The van der Waals surface area contributed by atoms with Crippen molar-refractivity contribution in [3.63, 3.8) is 0 Å². The number of amides is 1. The van der Waals surface area contributed by atoms with E-state index in [2.05, 4.69) is 25.4 Å². The molecule has 2 aromatic heterocycles. The van der Waals surface area contributed by atoms with Crippen LogP contribution in [-0.2, 0) is 12.8 Å². The summed E-state index contributed by atoms with van der Waals surface area (Å²) in [4.78, 5) is 18.1. The Balaban J connectivity index is 1.58. The molecule has 0 spiro atoms. The number of carbonyl (C=O) groups excluding carboxylic acids is 1. The summed E-state index contributed by atoms with van der Waals surface area (Å²) in [5.74, 6) is -0.185. The second-order valence-electron chi connectivity index (χ2n) is 5.66. The molecule has 7 nitrogen and oxygen atoms in total. The van der Waals surface area contributed by atoms with E-state index in [0.29, 0.717) is 25.9 Å². The van der Waals surface area contributed by atoms with Crippen molar-refractivity contribution < 1.29 is 9.18 Å². The van der Waals surface area contributed by atoms with Crippen LogP contribution in [0.5, 0.6) is 0 Å². The maximum absolute atomic E-state index is 13.1. The number of rotatable bonds is 2. The predicted octanol–water partition coefficient (Wildman–Crippen LogP) is 1.57. The SMILES string of the molecule is O=C(c1ncn[nH]1)N1CCc2[nH]nc(-c3ccc(F)cc3)c2CC1. The summed E-state index contributed by atoms with van der Waals surface area (Å²) in [6.07, 6.45) is 2.69. The molecule has 1 aliphatic rings. The number of fused-ring (bicyclic) bond motifs is 1. The molecule has 0 unspecified atom stereocenters. The number of benzene rings is 1. The topological polar surface area (TPSA) is 90.6 Å². The smallest absolute Gasteiger partial charge is 0.291 e. The van der Waals surface area contributed by atoms with Crippen molar-refractivity contribution in [2.24, 2.45) is 0 Å². The van der Waals surface area contributed by atoms with E-state index in [0.717, 1.165) is 22.5 Å². The van der Waals surface area contributed by atoms with E-state index in [1.165, 1.54) is 18.5 Å². The van der Waals surface area contributed by atoms with Gasteiger partial charge in [0.15, 0.2) is 0 Å². The first kappa shape index (κ1) is 14.6. The lowest BCUT2D eigenvalue weighted by Gasteiger charge is -2.18. The first-order chi connectivity index (χ1) is 11.7. The Morgan fingerprint density at radius 2 is 1.92 bits per heavy atom. The molecule has 0 aliphatic carbocycles. The van der Waals surface area contributed by atoms with Crippen LogP contribution in [0.4, 0.5) is 4.39 Å². The van der Waals surface area contributed by atoms with Gasteiger partial charge in [0, 0.05) is 36.3 Å². The van der Waals surface area contributed by atoms with Crippen LogP contribution in [0.25, 0.3) is 11.3 Å². The summed E-state index contributed by atoms with van der Waals surface area (Å²) in [7, 11) is 0. The molecule has 2 N–H and O–H groups in total. The zero-order valence-electron chi connectivity index (χ0n) is 12.8. The minimum Gasteiger partial charge on any atom is -0.335 e. The molecule has 3 aromatic rings. The van der Waals surface area contributed by atoms with Gasteiger partial charge in [-0.25, -0.2) is 9.37 Å². The lowest BCUT2D eigenvalue weighted by atomic mass is 10.0. The number of carbonyl (C=O) groups is 1. The molecule has 0 saturated heterocycles. The maximum atomic E-state index is 13.1. The Morgan fingerprint density at radius 3 is 2.67 bits per heavy atom. The van der Waals surface area contributed by atoms with Gasteiger partial charge in [0.05, 0.1) is 5.69 Å². The zero-order valence-corrected chi connectivity index (χ0v) is 12.8. The van der Waals surface area contributed by atoms with Crippen molar-refractivity contribution in [2.75, 3.05) is 13.1 Å². The third-order valence-electron chi connectivity index (χ3n) is 4.24. The molecule has 1 aliphatic heterocycles. The van der Waals surface area contributed by atoms with Crippen molar-refractivity contribution in [1.82, 2.24) is 30.3 Å². The van der Waals surface area contributed by atoms with E-state index in [-0.39, 0.29) is 17.5 Å². The molecule has 24 heavy (non-hydrogen) atoms. The molecule has 122 valence electrons. The summed E-state index contributed by atoms with van der Waals surface area (Å²) in [5.41, 5.74) is 3.78. The van der Waals surface area contributed by atoms with E-state index in [1.807, 2.05) is 0 Å². The Kier molecular flexibility index (Phi) is 3.56. The van der Waals surface area contributed by atoms with Gasteiger partial charge in [-0.05, 0) is 30.7 Å². The van der Waals surface area contributed by atoms with Gasteiger partial charge >= 0.3 is 0 Å². The zero-order chi connectivity index (χ0) is 16.5. The van der Waals surface area contributed by atoms with Crippen LogP contribution in [0.3, 0.4) is 0 Å². The lowest BCUT2D eigenvalue weighted by Crippen LogP contribution is -2.34. The van der Waals surface area contributed by atoms with Gasteiger partial charge < -0.3 is 4.90 Å². The standard InChI is InChI=1S/C16H15FN6O/c17-11-3-1-10(2-4-11)14-12-5-7-23(8-6-13(12)20-21-14)16(24)15-18-9-19-22-15/h1-4,9H,5-8H2,(H,20,21)(H,18,19,22). The summed E-state index contributed by atoms with van der Waals surface area (Å²) in [5, 5.41) is 13.8. The number of aromatic nitrogens is 5. The molecule has 3 heterocycles. The molecule has 8 heteroatoms.